The number of cyclic esters (lactones) is 1. The summed E-state index contributed by atoms with van der Waals surface area (Å²) in [6.45, 7) is 20.3. The van der Waals surface area contributed by atoms with Gasteiger partial charge in [-0.1, -0.05) is 52.8 Å². The molecule has 5 rings (SSSR count). The highest BCUT2D eigenvalue weighted by Crippen LogP contribution is 2.43. The number of aliphatic hydroxyl groups excluding tert-OH is 2. The number of Topliss-reactive ketones (excluding diaryl/α,β-unsaturated/α-hetero) is 1. The number of methoxy groups -OCH3 is 2. The second kappa shape index (κ2) is 23.9. The van der Waals surface area contributed by atoms with E-state index >= 15 is 0 Å². The Labute approximate surface area is 410 Å². The average molecular weight is 973 g/mol. The molecule has 4 heterocycles. The molecule has 3 unspecified atom stereocenters. The summed E-state index contributed by atoms with van der Waals surface area (Å²) in [4.78, 5) is 49.9. The van der Waals surface area contributed by atoms with E-state index in [1.807, 2.05) is 97.8 Å². The molecular weight excluding hydrogens is 889 g/mol. The number of hydrogen-bond acceptors (Lipinski definition) is 16. The van der Waals surface area contributed by atoms with Gasteiger partial charge in [0.1, 0.15) is 24.1 Å². The highest BCUT2D eigenvalue weighted by atomic mass is 16.7. The zero-order chi connectivity index (χ0) is 51.2. The number of pyridine rings is 1. The number of hydrogen-bond donors (Lipinski definition) is 4. The number of amides is 1. The highest BCUT2D eigenvalue weighted by Gasteiger charge is 2.55. The Morgan fingerprint density at radius 1 is 0.913 bits per heavy atom. The Kier molecular flexibility index (Phi) is 19.6. The number of likely N-dealkylation sites (N-methyl/N-ethyl adjacent to an activating group) is 1. The van der Waals surface area contributed by atoms with Gasteiger partial charge in [0.15, 0.2) is 18.2 Å². The van der Waals surface area contributed by atoms with Crippen molar-refractivity contribution in [2.45, 2.75) is 193 Å². The summed E-state index contributed by atoms with van der Waals surface area (Å²) in [6, 6.07) is 9.67. The summed E-state index contributed by atoms with van der Waals surface area (Å²) >= 11 is 0. The minimum Gasteiger partial charge on any atom is -0.458 e. The number of ketones is 1. The quantitative estimate of drug-likeness (QED) is 0.0954. The van der Waals surface area contributed by atoms with Crippen molar-refractivity contribution in [2.24, 2.45) is 29.6 Å². The fourth-order valence-electron chi connectivity index (χ4n) is 11.0. The summed E-state index contributed by atoms with van der Waals surface area (Å²) in [7, 11) is 6.86. The van der Waals surface area contributed by atoms with Crippen LogP contribution in [-0.2, 0) is 53.9 Å². The predicted molar refractivity (Wildman–Crippen MR) is 260 cm³/mol. The third-order valence-electron chi connectivity index (χ3n) is 15.8. The number of nitrogens with zero attached hydrogens (tertiary/aromatic N) is 2. The van der Waals surface area contributed by atoms with Gasteiger partial charge in [0.05, 0.1) is 47.1 Å². The maximum Gasteiger partial charge on any atom is 0.422 e. The van der Waals surface area contributed by atoms with Crippen molar-refractivity contribution in [3.63, 3.8) is 0 Å². The Balaban J connectivity index is 1.49. The molecule has 4 N–H and O–H groups in total. The molecule has 3 aliphatic heterocycles. The molecule has 17 heteroatoms. The van der Waals surface area contributed by atoms with Crippen LogP contribution in [-0.4, -0.2) is 151 Å². The minimum atomic E-state index is -1.50. The van der Waals surface area contributed by atoms with Crippen LogP contribution < -0.4 is 10.9 Å². The number of carbonyl (C=O) groups is 3. The van der Waals surface area contributed by atoms with E-state index in [0.717, 1.165) is 22.9 Å². The van der Waals surface area contributed by atoms with Crippen molar-refractivity contribution >= 4 is 28.7 Å². The standard InChI is InChI=1S/C52H84N4O13/c1-16-40-52(11,69-49(61)55-54-24-19-20-36-23-25-53-38-22-18-17-21-37(36)38)34(7)31(4)42(57)29(2)27-51(10,63-15)46(68-48-43(58)39(56(12)13)26-30(3)64-48)32(5)44(33(6)47(60)66-40)67-41-28-50(9,62-14)45(59)35(8)65-41/h17-18,21-23,25,29-35,39-41,43-46,48,54,58-59H,16,19-20,24,26-28H2,1-15H3,(H,55,61)/t29-,30-,31-,32+,33-,34-,35+,39+,40-,41?,43-,44?,45+,46-,48+,50?,51-,52+/m1/s1. The van der Waals surface area contributed by atoms with Crippen LogP contribution in [0.3, 0.4) is 0 Å². The smallest absolute Gasteiger partial charge is 0.422 e. The lowest BCUT2D eigenvalue weighted by atomic mass is 9.71. The molecule has 18 atom stereocenters. The second-order valence-electron chi connectivity index (χ2n) is 21.0. The van der Waals surface area contributed by atoms with Crippen molar-refractivity contribution < 1.29 is 62.5 Å². The number of nitrogens with one attached hydrogen (secondary N) is 2. The van der Waals surface area contributed by atoms with Crippen LogP contribution in [0.5, 0.6) is 0 Å². The van der Waals surface area contributed by atoms with E-state index in [4.69, 9.17) is 37.9 Å². The van der Waals surface area contributed by atoms with Gasteiger partial charge < -0.3 is 53.0 Å². The first-order valence-corrected chi connectivity index (χ1v) is 25.0. The van der Waals surface area contributed by atoms with Crippen molar-refractivity contribution in [1.29, 1.82) is 0 Å². The average Bonchev–Trinajstić information content (AvgIpc) is 3.32. The van der Waals surface area contributed by atoms with E-state index in [0.29, 0.717) is 19.4 Å². The third-order valence-corrected chi connectivity index (χ3v) is 15.8. The molecule has 3 saturated heterocycles. The topological polar surface area (TPSA) is 206 Å². The first-order chi connectivity index (χ1) is 32.4. The summed E-state index contributed by atoms with van der Waals surface area (Å²) in [5.41, 5.74) is 3.94. The Bertz CT molecular complexity index is 2010. The van der Waals surface area contributed by atoms with Gasteiger partial charge in [0, 0.05) is 68.5 Å². The minimum absolute atomic E-state index is 0.119. The molecule has 1 aromatic heterocycles. The molecule has 1 amide bonds. The number of benzene rings is 1. The zero-order valence-corrected chi connectivity index (χ0v) is 43.9. The van der Waals surface area contributed by atoms with Gasteiger partial charge in [-0.15, -0.1) is 0 Å². The number of esters is 1. The number of rotatable bonds is 14. The van der Waals surface area contributed by atoms with Crippen molar-refractivity contribution in [2.75, 3.05) is 34.9 Å². The van der Waals surface area contributed by atoms with Crippen LogP contribution in [0.15, 0.2) is 36.5 Å². The van der Waals surface area contributed by atoms with Gasteiger partial charge in [-0.25, -0.2) is 10.2 Å². The lowest BCUT2D eigenvalue weighted by molar-refractivity contribution is -0.319. The van der Waals surface area contributed by atoms with Crippen LogP contribution in [0.25, 0.3) is 10.9 Å². The fourth-order valence-corrected chi connectivity index (χ4v) is 11.0. The monoisotopic (exact) mass is 973 g/mol. The lowest BCUT2D eigenvalue weighted by Crippen LogP contribution is -2.61. The molecular formula is C52H84N4O13. The van der Waals surface area contributed by atoms with E-state index in [-0.39, 0.29) is 37.2 Å². The molecule has 3 aliphatic rings. The maximum absolute atomic E-state index is 14.9. The molecule has 390 valence electrons. The molecule has 0 bridgehead atoms. The van der Waals surface area contributed by atoms with E-state index < -0.39 is 108 Å². The Morgan fingerprint density at radius 3 is 2.25 bits per heavy atom. The van der Waals surface area contributed by atoms with Gasteiger partial charge in [0.2, 0.25) is 0 Å². The number of para-hydroxylation sites is 1. The number of ether oxygens (including phenoxy) is 8. The molecule has 2 aromatic rings. The number of hydrazine groups is 1. The van der Waals surface area contributed by atoms with E-state index in [2.05, 4.69) is 15.8 Å². The molecule has 1 aromatic carbocycles. The summed E-state index contributed by atoms with van der Waals surface area (Å²) in [6.07, 6.45) is -4.54. The van der Waals surface area contributed by atoms with Crippen molar-refractivity contribution in [1.82, 2.24) is 20.7 Å². The van der Waals surface area contributed by atoms with Crippen LogP contribution >= 0.6 is 0 Å². The third kappa shape index (κ3) is 12.8. The molecule has 0 aliphatic carbocycles. The van der Waals surface area contributed by atoms with Crippen LogP contribution in [0.1, 0.15) is 114 Å². The van der Waals surface area contributed by atoms with Gasteiger partial charge in [-0.05, 0) is 105 Å². The Hall–Kier alpha value is -3.36. The predicted octanol–water partition coefficient (Wildman–Crippen LogP) is 6.13. The van der Waals surface area contributed by atoms with Crippen LogP contribution in [0.4, 0.5) is 4.79 Å². The second-order valence-corrected chi connectivity index (χ2v) is 21.0. The normalized spacial score (nSPS) is 39.7. The van der Waals surface area contributed by atoms with E-state index in [1.165, 1.54) is 7.11 Å². The Morgan fingerprint density at radius 2 is 1.59 bits per heavy atom. The molecule has 0 radical (unpaired) electrons. The fraction of sp³-hybridized carbons (Fsp3) is 0.769. The van der Waals surface area contributed by atoms with Crippen LogP contribution in [0.2, 0.25) is 0 Å². The number of aliphatic hydroxyl groups is 2. The van der Waals surface area contributed by atoms with Gasteiger partial charge in [-0.3, -0.25) is 20.0 Å². The first-order valence-electron chi connectivity index (χ1n) is 25.0. The molecule has 0 spiro atoms. The van der Waals surface area contributed by atoms with Gasteiger partial charge in [-0.2, -0.15) is 0 Å². The lowest BCUT2D eigenvalue weighted by Gasteiger charge is -2.50. The molecule has 3 fully saturated rings. The SMILES string of the molecule is CC[C@H]1OC(=O)[C@H](C)C(OC2CC(C)(OC)[C@@H](O)[C@H](C)O2)[C@H](C)[C@@H](O[C@@H]2O[C@H](C)C[C@H](N(C)C)[C@H]2O)[C@](C)(OC)C[C@@H](C)C(=O)[C@H](C)[C@@H](C)[C@]1(C)OC(=O)NNCCCc1ccnc2ccccc12. The molecule has 69 heavy (non-hydrogen) atoms. The number of aromatic nitrogens is 1. The molecule has 0 saturated carbocycles. The highest BCUT2D eigenvalue weighted by molar-refractivity contribution is 5.83. The summed E-state index contributed by atoms with van der Waals surface area (Å²) in [5.74, 6) is -4.50. The van der Waals surface area contributed by atoms with Gasteiger partial charge >= 0.3 is 12.1 Å². The number of aryl methyl sites for hydroxylation is 1. The van der Waals surface area contributed by atoms with Crippen LogP contribution in [0, 0.1) is 29.6 Å². The van der Waals surface area contributed by atoms with E-state index in [1.54, 1.807) is 41.0 Å². The van der Waals surface area contributed by atoms with Crippen molar-refractivity contribution in [3.8, 4) is 0 Å². The maximum atomic E-state index is 14.9. The van der Waals surface area contributed by atoms with Gasteiger partial charge in [0.25, 0.3) is 0 Å². The largest absolute Gasteiger partial charge is 0.458 e. The summed E-state index contributed by atoms with van der Waals surface area (Å²) < 4.78 is 51.5. The number of carbonyl (C=O) groups excluding carboxylic acids is 3. The first kappa shape index (κ1) is 56.6. The number of fused-ring (bicyclic) bond motifs is 1. The van der Waals surface area contributed by atoms with Crippen molar-refractivity contribution in [3.05, 3.63) is 42.1 Å². The summed E-state index contributed by atoms with van der Waals surface area (Å²) in [5, 5.41) is 24.0. The van der Waals surface area contributed by atoms with E-state index in [9.17, 15) is 24.6 Å². The molecule has 17 nitrogen and oxygen atoms in total. The zero-order valence-electron chi connectivity index (χ0n) is 43.9.